The zero-order chi connectivity index (χ0) is 29.1. The molecule has 1 N–H and O–H groups in total. The Balaban J connectivity index is 1.69. The molecule has 5 rings (SSSR count). The summed E-state index contributed by atoms with van der Waals surface area (Å²) in [7, 11) is 0. The van der Waals surface area contributed by atoms with Crippen molar-refractivity contribution in [3.8, 4) is 16.9 Å². The highest BCUT2D eigenvalue weighted by molar-refractivity contribution is 6.04. The molecule has 0 spiro atoms. The summed E-state index contributed by atoms with van der Waals surface area (Å²) in [6, 6.07) is 11.1. The van der Waals surface area contributed by atoms with E-state index in [1.54, 1.807) is 0 Å². The largest absolute Gasteiger partial charge is 0.505 e. The number of aromatic nitrogens is 1. The Labute approximate surface area is 247 Å². The van der Waals surface area contributed by atoms with E-state index in [1.165, 1.54) is 30.4 Å². The number of aromatic hydroxyl groups is 1. The molecule has 1 saturated carbocycles. The number of hydrogen-bond acceptors (Lipinski definition) is 2. The number of hydrogen-bond donors (Lipinski definition) is 1. The summed E-state index contributed by atoms with van der Waals surface area (Å²) in [6.45, 7) is 11.8. The lowest BCUT2D eigenvalue weighted by atomic mass is 9.63. The number of rotatable bonds is 12. The minimum atomic E-state index is -0.197. The van der Waals surface area contributed by atoms with Crippen molar-refractivity contribution in [1.29, 1.82) is 0 Å². The van der Waals surface area contributed by atoms with Gasteiger partial charge in [-0.1, -0.05) is 82.2 Å². The number of phenols is 1. The second-order valence-corrected chi connectivity index (χ2v) is 13.0. The van der Waals surface area contributed by atoms with E-state index in [9.17, 15) is 9.90 Å². The first-order valence-corrected chi connectivity index (χ1v) is 16.1. The number of benzene rings is 2. The van der Waals surface area contributed by atoms with Gasteiger partial charge in [0.1, 0.15) is 11.5 Å². The topological polar surface area (TPSA) is 42.2 Å². The maximum atomic E-state index is 14.0. The highest BCUT2D eigenvalue weighted by Crippen LogP contribution is 2.52. The Kier molecular flexibility index (Phi) is 8.92. The van der Waals surface area contributed by atoms with Gasteiger partial charge in [-0.05, 0) is 97.9 Å². The van der Waals surface area contributed by atoms with Gasteiger partial charge in [0.25, 0.3) is 0 Å². The SMILES string of the molecule is CCCC(=O)C(CC1(C)CCC1)c1c(CC)c(O)c2c(ccn2CCC2C=CC(C)=CC2)c1-c1ccc(CC)cc1. The van der Waals surface area contributed by atoms with Gasteiger partial charge in [0.05, 0.1) is 5.52 Å². The van der Waals surface area contributed by atoms with Crippen molar-refractivity contribution in [2.24, 2.45) is 11.3 Å². The lowest BCUT2D eigenvalue weighted by Crippen LogP contribution is -2.31. The molecule has 3 heteroatoms. The number of carbonyl (C=O) groups excluding carboxylic acids is 1. The fraction of sp³-hybridized carbons (Fsp3) is 0.500. The maximum absolute atomic E-state index is 14.0. The zero-order valence-electron chi connectivity index (χ0n) is 25.9. The first-order chi connectivity index (χ1) is 19.8. The predicted molar refractivity (Wildman–Crippen MR) is 173 cm³/mol. The summed E-state index contributed by atoms with van der Waals surface area (Å²) in [5, 5.41) is 13.1. The molecular weight excluding hydrogens is 502 g/mol. The molecule has 0 saturated heterocycles. The van der Waals surface area contributed by atoms with Crippen LogP contribution in [0.2, 0.25) is 0 Å². The van der Waals surface area contributed by atoms with Gasteiger partial charge in [-0.2, -0.15) is 0 Å². The molecule has 2 aliphatic rings. The summed E-state index contributed by atoms with van der Waals surface area (Å²) in [6.07, 6.45) is 18.8. The highest BCUT2D eigenvalue weighted by atomic mass is 16.3. The van der Waals surface area contributed by atoms with Crippen molar-refractivity contribution in [1.82, 2.24) is 4.57 Å². The number of aryl methyl sites for hydroxylation is 2. The van der Waals surface area contributed by atoms with E-state index in [0.717, 1.165) is 71.8 Å². The fourth-order valence-corrected chi connectivity index (χ4v) is 7.22. The average molecular weight is 552 g/mol. The fourth-order valence-electron chi connectivity index (χ4n) is 7.22. The number of fused-ring (bicyclic) bond motifs is 1. The molecule has 0 radical (unpaired) electrons. The molecule has 3 aromatic rings. The third-order valence-electron chi connectivity index (χ3n) is 9.95. The van der Waals surface area contributed by atoms with Crippen molar-refractivity contribution in [2.45, 2.75) is 111 Å². The number of carbonyl (C=O) groups is 1. The first-order valence-electron chi connectivity index (χ1n) is 16.1. The van der Waals surface area contributed by atoms with E-state index in [-0.39, 0.29) is 11.3 Å². The van der Waals surface area contributed by atoms with Gasteiger partial charge in [0, 0.05) is 36.0 Å². The predicted octanol–water partition coefficient (Wildman–Crippen LogP) is 10.1. The van der Waals surface area contributed by atoms with Crippen LogP contribution in [0.25, 0.3) is 22.0 Å². The van der Waals surface area contributed by atoms with Gasteiger partial charge in [-0.25, -0.2) is 0 Å². The van der Waals surface area contributed by atoms with E-state index >= 15 is 0 Å². The Bertz CT molecular complexity index is 1450. The molecule has 1 heterocycles. The molecule has 0 bridgehead atoms. The molecular formula is C38H49NO2. The Morgan fingerprint density at radius 3 is 2.44 bits per heavy atom. The Morgan fingerprint density at radius 1 is 1.10 bits per heavy atom. The lowest BCUT2D eigenvalue weighted by molar-refractivity contribution is -0.121. The molecule has 3 nitrogen and oxygen atoms in total. The van der Waals surface area contributed by atoms with E-state index in [0.29, 0.717) is 30.3 Å². The number of nitrogens with zero attached hydrogens (tertiary/aromatic N) is 1. The van der Waals surface area contributed by atoms with Crippen LogP contribution in [0.4, 0.5) is 0 Å². The molecule has 41 heavy (non-hydrogen) atoms. The van der Waals surface area contributed by atoms with E-state index in [1.807, 2.05) is 0 Å². The summed E-state index contributed by atoms with van der Waals surface area (Å²) in [5.41, 5.74) is 8.11. The maximum Gasteiger partial charge on any atom is 0.143 e. The molecule has 2 aliphatic carbocycles. The lowest BCUT2D eigenvalue weighted by Gasteiger charge is -2.41. The van der Waals surface area contributed by atoms with Crippen LogP contribution in [-0.4, -0.2) is 15.5 Å². The number of allylic oxidation sites excluding steroid dienone is 4. The van der Waals surface area contributed by atoms with E-state index in [4.69, 9.17) is 0 Å². The van der Waals surface area contributed by atoms with Crippen LogP contribution in [0, 0.1) is 11.3 Å². The Hall–Kier alpha value is -3.07. The van der Waals surface area contributed by atoms with E-state index in [2.05, 4.69) is 93.9 Å². The monoisotopic (exact) mass is 551 g/mol. The van der Waals surface area contributed by atoms with Crippen LogP contribution in [0.3, 0.4) is 0 Å². The molecule has 1 aromatic heterocycles. The second-order valence-electron chi connectivity index (χ2n) is 13.0. The van der Waals surface area contributed by atoms with Crippen LogP contribution < -0.4 is 0 Å². The normalized spacial score (nSPS) is 18.8. The van der Waals surface area contributed by atoms with Gasteiger partial charge >= 0.3 is 0 Å². The number of phenolic OH excluding ortho intramolecular Hbond substituents is 1. The van der Waals surface area contributed by atoms with Crippen LogP contribution in [0.5, 0.6) is 5.75 Å². The van der Waals surface area contributed by atoms with Gasteiger partial charge in [-0.15, -0.1) is 0 Å². The van der Waals surface area contributed by atoms with Gasteiger partial charge in [0.2, 0.25) is 0 Å². The Morgan fingerprint density at radius 2 is 1.85 bits per heavy atom. The molecule has 1 fully saturated rings. The summed E-state index contributed by atoms with van der Waals surface area (Å²) in [4.78, 5) is 14.0. The first kappa shape index (κ1) is 29.4. The second kappa shape index (κ2) is 12.4. The van der Waals surface area contributed by atoms with Gasteiger partial charge in [-0.3, -0.25) is 4.79 Å². The number of ketones is 1. The smallest absolute Gasteiger partial charge is 0.143 e. The van der Waals surface area contributed by atoms with Gasteiger partial charge < -0.3 is 9.67 Å². The quantitative estimate of drug-likeness (QED) is 0.243. The van der Waals surface area contributed by atoms with Crippen molar-refractivity contribution >= 4 is 16.7 Å². The molecule has 2 aromatic carbocycles. The summed E-state index contributed by atoms with van der Waals surface area (Å²) >= 11 is 0. The van der Waals surface area contributed by atoms with Crippen molar-refractivity contribution < 1.29 is 9.90 Å². The molecule has 0 aliphatic heterocycles. The van der Waals surface area contributed by atoms with Crippen LogP contribution in [-0.2, 0) is 24.2 Å². The standard InChI is InChI=1S/C38H49NO2/c1-6-10-33(40)32(25-38(5)21-9-22-38)35-30(8-3)37(41)36-31(34(35)29-17-15-27(7-2)16-18-29)20-24-39(36)23-19-28-13-11-26(4)12-14-28/h11-13,15-18,20,24,28,32,41H,6-10,14,19,21-23,25H2,1-5H3. The summed E-state index contributed by atoms with van der Waals surface area (Å²) in [5.74, 6) is 1.02. The minimum absolute atomic E-state index is 0.194. The van der Waals surface area contributed by atoms with Crippen LogP contribution in [0.15, 0.2) is 60.3 Å². The summed E-state index contributed by atoms with van der Waals surface area (Å²) < 4.78 is 2.26. The molecule has 0 amide bonds. The van der Waals surface area contributed by atoms with Crippen molar-refractivity contribution in [3.05, 3.63) is 77.0 Å². The molecule has 2 atom stereocenters. The highest BCUT2D eigenvalue weighted by Gasteiger charge is 2.39. The number of Topliss-reactive ketones (excluding diaryl/α,β-unsaturated/α-hetero) is 1. The van der Waals surface area contributed by atoms with Gasteiger partial charge in [0.15, 0.2) is 0 Å². The average Bonchev–Trinajstić information content (AvgIpc) is 3.39. The zero-order valence-corrected chi connectivity index (χ0v) is 25.9. The van der Waals surface area contributed by atoms with Crippen molar-refractivity contribution in [3.63, 3.8) is 0 Å². The van der Waals surface area contributed by atoms with Crippen LogP contribution in [0.1, 0.15) is 109 Å². The third kappa shape index (κ3) is 5.96. The third-order valence-corrected chi connectivity index (χ3v) is 9.95. The molecule has 218 valence electrons. The van der Waals surface area contributed by atoms with Crippen LogP contribution >= 0.6 is 0 Å². The molecule has 2 unspecified atom stereocenters. The van der Waals surface area contributed by atoms with E-state index < -0.39 is 0 Å². The minimum Gasteiger partial charge on any atom is -0.505 e. The van der Waals surface area contributed by atoms with Crippen molar-refractivity contribution in [2.75, 3.05) is 0 Å².